The summed E-state index contributed by atoms with van der Waals surface area (Å²) in [5, 5.41) is 8.65. The third kappa shape index (κ3) is 4.17. The third-order valence-corrected chi connectivity index (χ3v) is 4.84. The number of carboxylic acids is 1. The summed E-state index contributed by atoms with van der Waals surface area (Å²) in [6, 6.07) is 9.73. The van der Waals surface area contributed by atoms with Crippen molar-refractivity contribution in [3.8, 4) is 0 Å². The minimum absolute atomic E-state index is 0.0548. The van der Waals surface area contributed by atoms with Crippen LogP contribution in [0.15, 0.2) is 30.3 Å². The van der Waals surface area contributed by atoms with Crippen molar-refractivity contribution in [3.63, 3.8) is 0 Å². The van der Waals surface area contributed by atoms with Gasteiger partial charge in [-0.15, -0.1) is 0 Å². The first-order chi connectivity index (χ1) is 9.48. The zero-order valence-corrected chi connectivity index (χ0v) is 12.0. The lowest BCUT2D eigenvalue weighted by atomic mass is 9.82. The van der Waals surface area contributed by atoms with Crippen molar-refractivity contribution in [2.75, 3.05) is 6.16 Å². The average Bonchev–Trinajstić information content (AvgIpc) is 2.38. The van der Waals surface area contributed by atoms with Gasteiger partial charge in [0.1, 0.15) is 6.16 Å². The second-order valence-corrected chi connectivity index (χ2v) is 6.94. The highest BCUT2D eigenvalue weighted by molar-refractivity contribution is 7.53. The minimum atomic E-state index is -4.07. The second-order valence-electron chi connectivity index (χ2n) is 5.13. The Balaban J connectivity index is 2.12. The fourth-order valence-corrected chi connectivity index (χ4v) is 3.82. The molecule has 0 amide bonds. The number of hydrogen-bond donors (Lipinski definition) is 2. The van der Waals surface area contributed by atoms with E-state index in [1.54, 1.807) is 0 Å². The van der Waals surface area contributed by atoms with E-state index in [4.69, 9.17) is 9.63 Å². The first-order valence-corrected chi connectivity index (χ1v) is 8.51. The van der Waals surface area contributed by atoms with Crippen molar-refractivity contribution in [1.29, 1.82) is 0 Å². The van der Waals surface area contributed by atoms with E-state index >= 15 is 0 Å². The molecule has 20 heavy (non-hydrogen) atoms. The van der Waals surface area contributed by atoms with Crippen molar-refractivity contribution < 1.29 is 23.9 Å². The van der Waals surface area contributed by atoms with E-state index in [2.05, 4.69) is 0 Å². The molecule has 0 saturated heterocycles. The molecule has 1 aromatic carbocycles. The van der Waals surface area contributed by atoms with Gasteiger partial charge in [0.15, 0.2) is 0 Å². The van der Waals surface area contributed by atoms with Gasteiger partial charge in [0.05, 0.1) is 6.10 Å². The lowest BCUT2D eigenvalue weighted by Crippen LogP contribution is -2.26. The van der Waals surface area contributed by atoms with E-state index < -0.39 is 19.7 Å². The van der Waals surface area contributed by atoms with E-state index in [9.17, 15) is 14.3 Å². The summed E-state index contributed by atoms with van der Waals surface area (Å²) in [4.78, 5) is 20.3. The predicted molar refractivity (Wildman–Crippen MR) is 74.9 cm³/mol. The Morgan fingerprint density at radius 1 is 1.25 bits per heavy atom. The number of benzene rings is 1. The Bertz CT molecular complexity index is 502. The van der Waals surface area contributed by atoms with Gasteiger partial charge in [-0.1, -0.05) is 43.2 Å². The highest BCUT2D eigenvalue weighted by Crippen LogP contribution is 2.48. The molecule has 1 aliphatic carbocycles. The Morgan fingerprint density at radius 3 is 2.55 bits per heavy atom. The maximum absolute atomic E-state index is 11.8. The molecule has 1 unspecified atom stereocenters. The molecule has 1 aromatic rings. The first-order valence-electron chi connectivity index (χ1n) is 6.75. The van der Waals surface area contributed by atoms with Gasteiger partial charge >= 0.3 is 13.6 Å². The zero-order valence-electron chi connectivity index (χ0n) is 11.1. The van der Waals surface area contributed by atoms with Crippen LogP contribution in [0.3, 0.4) is 0 Å². The van der Waals surface area contributed by atoms with Gasteiger partial charge in [-0.2, -0.15) is 0 Å². The summed E-state index contributed by atoms with van der Waals surface area (Å²) >= 11 is 0. The molecule has 5 nitrogen and oxygen atoms in total. The Kier molecular flexibility index (Phi) is 4.97. The molecule has 1 aliphatic rings. The van der Waals surface area contributed by atoms with Gasteiger partial charge in [-0.3, -0.25) is 9.36 Å². The van der Waals surface area contributed by atoms with Crippen molar-refractivity contribution in [2.24, 2.45) is 0 Å². The molecular formula is C14H19O5P. The molecule has 3 atom stereocenters. The van der Waals surface area contributed by atoms with Gasteiger partial charge < -0.3 is 14.5 Å². The average molecular weight is 298 g/mol. The lowest BCUT2D eigenvalue weighted by molar-refractivity contribution is -0.134. The normalized spacial score (nSPS) is 25.9. The van der Waals surface area contributed by atoms with Crippen molar-refractivity contribution in [1.82, 2.24) is 0 Å². The van der Waals surface area contributed by atoms with Gasteiger partial charge in [-0.25, -0.2) is 0 Å². The van der Waals surface area contributed by atoms with Crippen LogP contribution in [0.4, 0.5) is 0 Å². The summed E-state index contributed by atoms with van der Waals surface area (Å²) < 4.78 is 17.1. The SMILES string of the molecule is O=C(O)CP(=O)(O)O[C@@H]1CCCC[C@H]1c1ccccc1. The van der Waals surface area contributed by atoms with Gasteiger partial charge in [0, 0.05) is 5.92 Å². The minimum Gasteiger partial charge on any atom is -0.481 e. The van der Waals surface area contributed by atoms with Crippen LogP contribution in [0.5, 0.6) is 0 Å². The maximum Gasteiger partial charge on any atom is 0.339 e. The summed E-state index contributed by atoms with van der Waals surface area (Å²) in [5.41, 5.74) is 1.08. The molecule has 110 valence electrons. The van der Waals surface area contributed by atoms with Crippen LogP contribution < -0.4 is 0 Å². The van der Waals surface area contributed by atoms with Gasteiger partial charge in [0.25, 0.3) is 0 Å². The van der Waals surface area contributed by atoms with Crippen molar-refractivity contribution in [2.45, 2.75) is 37.7 Å². The van der Waals surface area contributed by atoms with E-state index in [0.29, 0.717) is 6.42 Å². The third-order valence-electron chi connectivity index (χ3n) is 3.57. The van der Waals surface area contributed by atoms with Crippen LogP contribution in [-0.4, -0.2) is 28.2 Å². The molecule has 0 spiro atoms. The van der Waals surface area contributed by atoms with Crippen molar-refractivity contribution >= 4 is 13.6 Å². The highest BCUT2D eigenvalue weighted by Gasteiger charge is 2.34. The number of carboxylic acid groups (broad SMARTS) is 1. The summed E-state index contributed by atoms with van der Waals surface area (Å²) in [6.45, 7) is 0. The summed E-state index contributed by atoms with van der Waals surface area (Å²) in [5.74, 6) is -1.26. The molecule has 0 aromatic heterocycles. The van der Waals surface area contributed by atoms with E-state index in [-0.39, 0.29) is 12.0 Å². The monoisotopic (exact) mass is 298 g/mol. The second kappa shape index (κ2) is 6.53. The van der Waals surface area contributed by atoms with Crippen LogP contribution in [0.2, 0.25) is 0 Å². The smallest absolute Gasteiger partial charge is 0.339 e. The van der Waals surface area contributed by atoms with Crippen LogP contribution in [0.25, 0.3) is 0 Å². The molecule has 0 heterocycles. The quantitative estimate of drug-likeness (QED) is 0.816. The Morgan fingerprint density at radius 2 is 1.90 bits per heavy atom. The van der Waals surface area contributed by atoms with Gasteiger partial charge in [-0.05, 0) is 18.4 Å². The number of carbonyl (C=O) groups is 1. The molecule has 6 heteroatoms. The number of aliphatic carboxylic acids is 1. The van der Waals surface area contributed by atoms with Gasteiger partial charge in [0.2, 0.25) is 0 Å². The molecule has 1 saturated carbocycles. The zero-order chi connectivity index (χ0) is 14.6. The number of rotatable bonds is 5. The standard InChI is InChI=1S/C14H19O5P/c15-14(16)10-20(17,18)19-13-9-5-4-8-12(13)11-6-2-1-3-7-11/h1-3,6-7,12-13H,4-5,8-10H2,(H,15,16)(H,17,18)/t12-,13+/m0/s1. The summed E-state index contributed by atoms with van der Waals surface area (Å²) in [7, 11) is -4.07. The predicted octanol–water partition coefficient (Wildman–Crippen LogP) is 3.00. The Hall–Kier alpha value is -1.16. The van der Waals surface area contributed by atoms with Crippen LogP contribution in [-0.2, 0) is 13.9 Å². The molecule has 2 N–H and O–H groups in total. The molecule has 0 bridgehead atoms. The highest BCUT2D eigenvalue weighted by atomic mass is 31.2. The maximum atomic E-state index is 11.8. The van der Waals surface area contributed by atoms with Crippen molar-refractivity contribution in [3.05, 3.63) is 35.9 Å². The molecule has 2 rings (SSSR count). The molecule has 0 aliphatic heterocycles. The van der Waals surface area contributed by atoms with E-state index in [0.717, 1.165) is 24.8 Å². The van der Waals surface area contributed by atoms with Crippen LogP contribution >= 0.6 is 7.60 Å². The summed E-state index contributed by atoms with van der Waals surface area (Å²) in [6.07, 6.45) is 2.33. The molecule has 0 radical (unpaired) electrons. The molecular weight excluding hydrogens is 279 g/mol. The molecule has 1 fully saturated rings. The topological polar surface area (TPSA) is 83.8 Å². The number of hydrogen-bond acceptors (Lipinski definition) is 3. The van der Waals surface area contributed by atoms with Crippen LogP contribution in [0.1, 0.15) is 37.2 Å². The fraction of sp³-hybridized carbons (Fsp3) is 0.500. The van der Waals surface area contributed by atoms with E-state index in [1.807, 2.05) is 30.3 Å². The largest absolute Gasteiger partial charge is 0.481 e. The first kappa shape index (κ1) is 15.2. The lowest BCUT2D eigenvalue weighted by Gasteiger charge is -2.32. The fourth-order valence-electron chi connectivity index (χ4n) is 2.72. The van der Waals surface area contributed by atoms with E-state index in [1.165, 1.54) is 0 Å². The Labute approximate surface area is 118 Å². The van der Waals surface area contributed by atoms with Crippen LogP contribution in [0, 0.1) is 0 Å².